The van der Waals surface area contributed by atoms with E-state index in [0.29, 0.717) is 5.56 Å². The van der Waals surface area contributed by atoms with Gasteiger partial charge in [-0.3, -0.25) is 0 Å². The Balaban J connectivity index is 2.48. The van der Waals surface area contributed by atoms with Gasteiger partial charge in [0.2, 0.25) is 10.0 Å². The number of carbonyl (C=O) groups is 1. The van der Waals surface area contributed by atoms with Gasteiger partial charge in [-0.15, -0.1) is 0 Å². The van der Waals surface area contributed by atoms with Crippen LogP contribution >= 0.6 is 0 Å². The summed E-state index contributed by atoms with van der Waals surface area (Å²) in [5.74, 6) is -1.74. The topological polar surface area (TPSA) is 83.5 Å². The number of benzene rings is 2. The van der Waals surface area contributed by atoms with Gasteiger partial charge in [0.25, 0.3) is 0 Å². The van der Waals surface area contributed by atoms with Gasteiger partial charge in [0.15, 0.2) is 0 Å². The lowest BCUT2D eigenvalue weighted by Crippen LogP contribution is -2.18. The minimum absolute atomic E-state index is 0.0432. The normalized spacial score (nSPS) is 11.3. The van der Waals surface area contributed by atoms with Crippen LogP contribution in [0, 0.1) is 5.82 Å². The maximum atomic E-state index is 13.8. The summed E-state index contributed by atoms with van der Waals surface area (Å²) in [4.78, 5) is 11.0. The minimum Gasteiger partial charge on any atom is -0.478 e. The highest BCUT2D eigenvalue weighted by Gasteiger charge is 2.13. The lowest BCUT2D eigenvalue weighted by Gasteiger charge is -2.07. The number of rotatable bonds is 4. The Labute approximate surface area is 121 Å². The molecule has 2 N–H and O–H groups in total. The highest BCUT2D eigenvalue weighted by molar-refractivity contribution is 7.89. The van der Waals surface area contributed by atoms with Gasteiger partial charge in [-0.25, -0.2) is 22.3 Å². The summed E-state index contributed by atoms with van der Waals surface area (Å²) < 4.78 is 39.2. The third-order valence-electron chi connectivity index (χ3n) is 2.96. The molecule has 0 aliphatic heterocycles. The molecule has 2 rings (SSSR count). The highest BCUT2D eigenvalue weighted by atomic mass is 32.2. The molecule has 5 nitrogen and oxygen atoms in total. The average Bonchev–Trinajstić information content (AvgIpc) is 2.47. The molecule has 0 bridgehead atoms. The highest BCUT2D eigenvalue weighted by Crippen LogP contribution is 2.25. The Morgan fingerprint density at radius 3 is 2.29 bits per heavy atom. The van der Waals surface area contributed by atoms with Crippen LogP contribution in [0.15, 0.2) is 47.4 Å². The monoisotopic (exact) mass is 309 g/mol. The Bertz CT molecular complexity index is 785. The summed E-state index contributed by atoms with van der Waals surface area (Å²) in [6, 6.07) is 8.95. The van der Waals surface area contributed by atoms with E-state index < -0.39 is 21.8 Å². The van der Waals surface area contributed by atoms with Crippen LogP contribution in [-0.2, 0) is 10.0 Å². The predicted molar refractivity (Wildman–Crippen MR) is 75.0 cm³/mol. The van der Waals surface area contributed by atoms with Crippen molar-refractivity contribution in [3.8, 4) is 11.1 Å². The van der Waals surface area contributed by atoms with Crippen LogP contribution in [0.3, 0.4) is 0 Å². The van der Waals surface area contributed by atoms with Crippen molar-refractivity contribution in [3.05, 3.63) is 53.8 Å². The first-order valence-corrected chi connectivity index (χ1v) is 7.40. The van der Waals surface area contributed by atoms with Gasteiger partial charge in [-0.1, -0.05) is 12.1 Å². The number of sulfonamides is 1. The van der Waals surface area contributed by atoms with E-state index in [9.17, 15) is 17.6 Å². The predicted octanol–water partition coefficient (Wildman–Crippen LogP) is 2.10. The molecule has 0 fully saturated rings. The lowest BCUT2D eigenvalue weighted by molar-refractivity contribution is 0.0697. The van der Waals surface area contributed by atoms with E-state index in [1.807, 2.05) is 0 Å². The second-order valence-electron chi connectivity index (χ2n) is 4.23. The Morgan fingerprint density at radius 1 is 1.14 bits per heavy atom. The van der Waals surface area contributed by atoms with Gasteiger partial charge in [0.1, 0.15) is 5.82 Å². The van der Waals surface area contributed by atoms with E-state index in [0.717, 1.165) is 6.07 Å². The van der Waals surface area contributed by atoms with E-state index in [2.05, 4.69) is 4.72 Å². The average molecular weight is 309 g/mol. The van der Waals surface area contributed by atoms with Crippen LogP contribution < -0.4 is 4.72 Å². The zero-order chi connectivity index (χ0) is 15.6. The molecule has 2 aromatic rings. The maximum Gasteiger partial charge on any atom is 0.335 e. The van der Waals surface area contributed by atoms with Gasteiger partial charge in [-0.05, 0) is 42.9 Å². The fraction of sp³-hybridized carbons (Fsp3) is 0.0714. The molecule has 21 heavy (non-hydrogen) atoms. The molecule has 0 spiro atoms. The minimum atomic E-state index is -3.57. The zero-order valence-electron chi connectivity index (χ0n) is 11.0. The van der Waals surface area contributed by atoms with E-state index in [4.69, 9.17) is 5.11 Å². The van der Waals surface area contributed by atoms with Crippen LogP contribution in [-0.4, -0.2) is 26.5 Å². The van der Waals surface area contributed by atoms with Crippen LogP contribution in [0.2, 0.25) is 0 Å². The summed E-state index contributed by atoms with van der Waals surface area (Å²) >= 11 is 0. The maximum absolute atomic E-state index is 13.8. The van der Waals surface area contributed by atoms with Crippen molar-refractivity contribution in [1.82, 2.24) is 4.72 Å². The van der Waals surface area contributed by atoms with Crippen molar-refractivity contribution in [1.29, 1.82) is 0 Å². The molecule has 0 heterocycles. The number of carboxylic acids is 1. The van der Waals surface area contributed by atoms with E-state index >= 15 is 0 Å². The van der Waals surface area contributed by atoms with Crippen LogP contribution in [0.25, 0.3) is 11.1 Å². The molecular weight excluding hydrogens is 297 g/mol. The van der Waals surface area contributed by atoms with Gasteiger partial charge in [0.05, 0.1) is 10.5 Å². The quantitative estimate of drug-likeness (QED) is 0.906. The molecule has 0 aliphatic rings. The smallest absolute Gasteiger partial charge is 0.335 e. The Morgan fingerprint density at radius 2 is 1.76 bits per heavy atom. The van der Waals surface area contributed by atoms with E-state index in [1.165, 1.54) is 43.4 Å². The van der Waals surface area contributed by atoms with Crippen molar-refractivity contribution < 1.29 is 22.7 Å². The summed E-state index contributed by atoms with van der Waals surface area (Å²) in [7, 11) is -2.28. The van der Waals surface area contributed by atoms with Crippen molar-refractivity contribution in [3.63, 3.8) is 0 Å². The number of hydrogen-bond acceptors (Lipinski definition) is 3. The molecule has 0 atom stereocenters. The summed E-state index contributed by atoms with van der Waals surface area (Å²) in [5, 5.41) is 8.92. The molecule has 0 aromatic heterocycles. The van der Waals surface area contributed by atoms with Gasteiger partial charge >= 0.3 is 5.97 Å². The van der Waals surface area contributed by atoms with Crippen molar-refractivity contribution >= 4 is 16.0 Å². The Hall–Kier alpha value is -2.25. The van der Waals surface area contributed by atoms with Crippen LogP contribution in [0.4, 0.5) is 4.39 Å². The standard InChI is InChI=1S/C14H12FNO4S/c1-16-21(19,20)11-5-2-9(3-6-11)12-8-10(14(17)18)4-7-13(12)15/h2-8,16H,1H3,(H,17,18). The molecule has 0 unspecified atom stereocenters. The summed E-state index contributed by atoms with van der Waals surface area (Å²) in [6.07, 6.45) is 0. The molecule has 0 saturated carbocycles. The molecule has 0 amide bonds. The third-order valence-corrected chi connectivity index (χ3v) is 4.39. The number of nitrogens with one attached hydrogen (secondary N) is 1. The first kappa shape index (κ1) is 15.1. The van der Waals surface area contributed by atoms with Gasteiger partial charge < -0.3 is 5.11 Å². The van der Waals surface area contributed by atoms with Crippen molar-refractivity contribution in [2.75, 3.05) is 7.05 Å². The number of hydrogen-bond donors (Lipinski definition) is 2. The summed E-state index contributed by atoms with van der Waals surface area (Å²) in [5.41, 5.74) is 0.451. The molecule has 2 aromatic carbocycles. The van der Waals surface area contributed by atoms with Crippen molar-refractivity contribution in [2.45, 2.75) is 4.90 Å². The fourth-order valence-electron chi connectivity index (χ4n) is 1.81. The SMILES string of the molecule is CNS(=O)(=O)c1ccc(-c2cc(C(=O)O)ccc2F)cc1. The first-order chi connectivity index (χ1) is 9.85. The van der Waals surface area contributed by atoms with Crippen LogP contribution in [0.1, 0.15) is 10.4 Å². The molecule has 110 valence electrons. The molecular formula is C14H12FNO4S. The van der Waals surface area contributed by atoms with Gasteiger partial charge in [0, 0.05) is 5.56 Å². The number of aromatic carboxylic acids is 1. The van der Waals surface area contributed by atoms with E-state index in [-0.39, 0.29) is 16.0 Å². The molecule has 0 radical (unpaired) electrons. The zero-order valence-corrected chi connectivity index (χ0v) is 11.8. The molecule has 0 saturated heterocycles. The summed E-state index contributed by atoms with van der Waals surface area (Å²) in [6.45, 7) is 0. The van der Waals surface area contributed by atoms with Gasteiger partial charge in [-0.2, -0.15) is 0 Å². The third kappa shape index (κ3) is 3.09. The largest absolute Gasteiger partial charge is 0.478 e. The molecule has 7 heteroatoms. The van der Waals surface area contributed by atoms with Crippen LogP contribution in [0.5, 0.6) is 0 Å². The second-order valence-corrected chi connectivity index (χ2v) is 6.12. The number of carboxylic acid groups (broad SMARTS) is 1. The lowest BCUT2D eigenvalue weighted by atomic mass is 10.0. The number of halogens is 1. The van der Waals surface area contributed by atoms with Crippen molar-refractivity contribution in [2.24, 2.45) is 0 Å². The second kappa shape index (κ2) is 5.63. The first-order valence-electron chi connectivity index (χ1n) is 5.92. The Kier molecular flexibility index (Phi) is 4.06. The molecule has 0 aliphatic carbocycles. The fourth-order valence-corrected chi connectivity index (χ4v) is 2.54. The van der Waals surface area contributed by atoms with E-state index in [1.54, 1.807) is 0 Å².